The lowest BCUT2D eigenvalue weighted by atomic mass is 9.91. The van der Waals surface area contributed by atoms with Gasteiger partial charge in [-0.1, -0.05) is 43.5 Å². The number of hydrogen-bond acceptors (Lipinski definition) is 6. The lowest BCUT2D eigenvalue weighted by Crippen LogP contribution is -2.08. The molecule has 172 valence electrons. The van der Waals surface area contributed by atoms with Crippen molar-refractivity contribution < 1.29 is 29.3 Å². The van der Waals surface area contributed by atoms with Crippen molar-refractivity contribution in [2.24, 2.45) is 0 Å². The first-order valence-corrected chi connectivity index (χ1v) is 10.5. The van der Waals surface area contributed by atoms with Crippen molar-refractivity contribution in [1.29, 1.82) is 0 Å². The second kappa shape index (κ2) is 14.5. The predicted molar refractivity (Wildman–Crippen MR) is 123 cm³/mol. The van der Waals surface area contributed by atoms with E-state index in [1.807, 2.05) is 12.1 Å². The molecule has 2 aromatic carbocycles. The van der Waals surface area contributed by atoms with Crippen LogP contribution in [0.25, 0.3) is 0 Å². The topological polar surface area (TPSA) is 93.1 Å². The van der Waals surface area contributed by atoms with Gasteiger partial charge in [0.15, 0.2) is 0 Å². The fraction of sp³-hybridized carbons (Fsp3) is 0.385. The van der Waals surface area contributed by atoms with Crippen molar-refractivity contribution in [3.63, 3.8) is 0 Å². The van der Waals surface area contributed by atoms with Crippen molar-refractivity contribution in [3.05, 3.63) is 59.7 Å². The van der Waals surface area contributed by atoms with Crippen LogP contribution in [0, 0.1) is 11.8 Å². The summed E-state index contributed by atoms with van der Waals surface area (Å²) in [7, 11) is 2.76. The Hall–Kier alpha value is -3.46. The summed E-state index contributed by atoms with van der Waals surface area (Å²) in [5.74, 6) is 5.70. The molecule has 0 aromatic heterocycles. The van der Waals surface area contributed by atoms with Crippen LogP contribution in [0.4, 0.5) is 0 Å². The molecule has 0 aliphatic rings. The van der Waals surface area contributed by atoms with Crippen molar-refractivity contribution >= 4 is 11.9 Å². The average molecular weight is 441 g/mol. The van der Waals surface area contributed by atoms with E-state index in [2.05, 4.69) is 28.2 Å². The third-order valence-electron chi connectivity index (χ3n) is 4.85. The number of hydrogen-bond donors (Lipinski definition) is 2. The highest BCUT2D eigenvalue weighted by molar-refractivity contribution is 5.71. The Labute approximate surface area is 190 Å². The molecule has 0 aliphatic carbocycles. The molecule has 32 heavy (non-hydrogen) atoms. The highest BCUT2D eigenvalue weighted by atomic mass is 16.5. The third-order valence-corrected chi connectivity index (χ3v) is 4.85. The number of carbonyl (C=O) groups is 2. The SMILES string of the molecule is CC#C[C@H](CC(=O)OC)c1ccc(O)cc1.CCC[C@H](CC(=O)OC)c1ccc(O)cc1. The standard InChI is InChI=1S/C13H18O3.C13H14O3/c2*1-3-4-11(9-13(15)16-2)10-5-7-12(14)8-6-10/h5-8,11,14H,3-4,9H2,1-2H3;5-8,11,14H,9H2,1-2H3/t2*11-/m11/s1. The summed E-state index contributed by atoms with van der Waals surface area (Å²) in [4.78, 5) is 22.5. The van der Waals surface area contributed by atoms with Crippen LogP contribution in [-0.4, -0.2) is 36.4 Å². The number of methoxy groups -OCH3 is 2. The Balaban J connectivity index is 0.000000320. The first kappa shape index (κ1) is 26.6. The molecule has 0 spiro atoms. The normalized spacial score (nSPS) is 11.6. The average Bonchev–Trinajstić information content (AvgIpc) is 2.79. The van der Waals surface area contributed by atoms with Gasteiger partial charge in [-0.05, 0) is 54.7 Å². The van der Waals surface area contributed by atoms with Crippen LogP contribution in [0.3, 0.4) is 0 Å². The molecule has 0 aliphatic heterocycles. The van der Waals surface area contributed by atoms with Gasteiger partial charge >= 0.3 is 11.9 Å². The van der Waals surface area contributed by atoms with Crippen LogP contribution in [0.5, 0.6) is 11.5 Å². The monoisotopic (exact) mass is 440 g/mol. The summed E-state index contributed by atoms with van der Waals surface area (Å²) in [5.41, 5.74) is 1.97. The van der Waals surface area contributed by atoms with Crippen molar-refractivity contribution in [1.82, 2.24) is 0 Å². The van der Waals surface area contributed by atoms with Gasteiger partial charge in [0, 0.05) is 0 Å². The van der Waals surface area contributed by atoms with Crippen LogP contribution < -0.4 is 0 Å². The molecule has 0 heterocycles. The second-order valence-electron chi connectivity index (χ2n) is 7.18. The third kappa shape index (κ3) is 9.57. The maximum Gasteiger partial charge on any atom is 0.307 e. The smallest absolute Gasteiger partial charge is 0.307 e. The van der Waals surface area contributed by atoms with Gasteiger partial charge < -0.3 is 19.7 Å². The fourth-order valence-corrected chi connectivity index (χ4v) is 3.15. The molecule has 0 fully saturated rings. The Kier molecular flexibility index (Phi) is 12.1. The number of phenolic OH excluding ortho intramolecular Hbond substituents is 2. The number of carbonyl (C=O) groups excluding carboxylic acids is 2. The maximum atomic E-state index is 11.3. The lowest BCUT2D eigenvalue weighted by Gasteiger charge is -2.15. The fourth-order valence-electron chi connectivity index (χ4n) is 3.15. The molecule has 0 bridgehead atoms. The number of aromatic hydroxyl groups is 2. The van der Waals surface area contributed by atoms with E-state index < -0.39 is 0 Å². The summed E-state index contributed by atoms with van der Waals surface area (Å²) in [6, 6.07) is 13.7. The van der Waals surface area contributed by atoms with Gasteiger partial charge in [0.05, 0.1) is 33.0 Å². The summed E-state index contributed by atoms with van der Waals surface area (Å²) in [6.45, 7) is 3.81. The van der Waals surface area contributed by atoms with Gasteiger partial charge in [0.1, 0.15) is 11.5 Å². The van der Waals surface area contributed by atoms with E-state index in [4.69, 9.17) is 5.11 Å². The zero-order valence-corrected chi connectivity index (χ0v) is 19.1. The van der Waals surface area contributed by atoms with E-state index >= 15 is 0 Å². The minimum Gasteiger partial charge on any atom is -0.508 e. The van der Waals surface area contributed by atoms with E-state index in [-0.39, 0.29) is 41.7 Å². The lowest BCUT2D eigenvalue weighted by molar-refractivity contribution is -0.141. The zero-order valence-electron chi connectivity index (χ0n) is 19.1. The first-order valence-electron chi connectivity index (χ1n) is 10.5. The van der Waals surface area contributed by atoms with Gasteiger partial charge in [0.2, 0.25) is 0 Å². The van der Waals surface area contributed by atoms with E-state index in [0.717, 1.165) is 24.0 Å². The molecule has 6 nitrogen and oxygen atoms in total. The van der Waals surface area contributed by atoms with Crippen LogP contribution in [0.1, 0.15) is 62.5 Å². The van der Waals surface area contributed by atoms with E-state index in [9.17, 15) is 14.7 Å². The van der Waals surface area contributed by atoms with Gasteiger partial charge in [-0.25, -0.2) is 0 Å². The van der Waals surface area contributed by atoms with Gasteiger partial charge in [-0.15, -0.1) is 5.92 Å². The summed E-state index contributed by atoms with van der Waals surface area (Å²) < 4.78 is 9.30. The minimum atomic E-state index is -0.291. The first-order chi connectivity index (χ1) is 15.3. The van der Waals surface area contributed by atoms with Crippen molar-refractivity contribution in [2.45, 2.75) is 51.4 Å². The molecular weight excluding hydrogens is 408 g/mol. The van der Waals surface area contributed by atoms with Gasteiger partial charge in [-0.2, -0.15) is 0 Å². The molecule has 2 rings (SSSR count). The zero-order chi connectivity index (χ0) is 23.9. The van der Waals surface area contributed by atoms with Crippen LogP contribution in [0.2, 0.25) is 0 Å². The molecule has 2 N–H and O–H groups in total. The molecule has 0 saturated heterocycles. The summed E-state index contributed by atoms with van der Waals surface area (Å²) in [6.07, 6.45) is 2.58. The minimum absolute atomic E-state index is 0.179. The number of ether oxygens (including phenoxy) is 2. The van der Waals surface area contributed by atoms with Gasteiger partial charge in [0.25, 0.3) is 0 Å². The molecular formula is C26H32O6. The summed E-state index contributed by atoms with van der Waals surface area (Å²) in [5, 5.41) is 18.4. The highest BCUT2D eigenvalue weighted by Crippen LogP contribution is 2.26. The maximum absolute atomic E-state index is 11.3. The van der Waals surface area contributed by atoms with Gasteiger partial charge in [-0.3, -0.25) is 9.59 Å². The molecule has 0 amide bonds. The number of phenols is 2. The van der Waals surface area contributed by atoms with Crippen LogP contribution >= 0.6 is 0 Å². The molecule has 0 saturated carbocycles. The predicted octanol–water partition coefficient (Wildman–Crippen LogP) is 4.90. The number of rotatable bonds is 8. The molecule has 6 heteroatoms. The Bertz CT molecular complexity index is 891. The Morgan fingerprint density at radius 2 is 1.31 bits per heavy atom. The molecule has 0 radical (unpaired) electrons. The second-order valence-corrected chi connectivity index (χ2v) is 7.18. The number of benzene rings is 2. The molecule has 2 atom stereocenters. The van der Waals surface area contributed by atoms with Crippen LogP contribution in [0.15, 0.2) is 48.5 Å². The van der Waals surface area contributed by atoms with E-state index in [0.29, 0.717) is 6.42 Å². The highest BCUT2D eigenvalue weighted by Gasteiger charge is 2.16. The Morgan fingerprint density at radius 1 is 0.844 bits per heavy atom. The number of esters is 2. The summed E-state index contributed by atoms with van der Waals surface area (Å²) >= 11 is 0. The molecule has 2 aromatic rings. The van der Waals surface area contributed by atoms with Crippen LogP contribution in [-0.2, 0) is 19.1 Å². The van der Waals surface area contributed by atoms with E-state index in [1.54, 1.807) is 43.3 Å². The van der Waals surface area contributed by atoms with Crippen molar-refractivity contribution in [3.8, 4) is 23.3 Å². The quantitative estimate of drug-likeness (QED) is 0.448. The largest absolute Gasteiger partial charge is 0.508 e. The Morgan fingerprint density at radius 3 is 1.75 bits per heavy atom. The van der Waals surface area contributed by atoms with E-state index in [1.165, 1.54) is 14.2 Å². The van der Waals surface area contributed by atoms with Crippen molar-refractivity contribution in [2.75, 3.05) is 14.2 Å². The molecule has 0 unspecified atom stereocenters.